The van der Waals surface area contributed by atoms with Crippen LogP contribution in [0.25, 0.3) is 0 Å². The van der Waals surface area contributed by atoms with E-state index in [2.05, 4.69) is 10.3 Å². The maximum atomic E-state index is 12.6. The molecule has 1 aromatic heterocycles. The van der Waals surface area contributed by atoms with Crippen LogP contribution in [0.5, 0.6) is 11.5 Å². The Bertz CT molecular complexity index is 985. The van der Waals surface area contributed by atoms with Crippen LogP contribution in [-0.4, -0.2) is 24.1 Å². The van der Waals surface area contributed by atoms with Gasteiger partial charge in [-0.3, -0.25) is 10.1 Å². The summed E-state index contributed by atoms with van der Waals surface area (Å²) in [5.74, 6) is 1.03. The Morgan fingerprint density at radius 3 is 2.67 bits per heavy atom. The number of hydrogen-bond donors (Lipinski definition) is 1. The number of halogens is 1. The predicted octanol–water partition coefficient (Wildman–Crippen LogP) is 4.72. The maximum Gasteiger partial charge on any atom is 0.257 e. The molecule has 4 rings (SSSR count). The number of carbonyl (C=O) groups is 1. The SMILES string of the molecule is Cc1nc(NC(=O)c2ccc3c(c2)OCCO3)sc1Cc1ccc(Cl)cc1. The van der Waals surface area contributed by atoms with Crippen molar-refractivity contribution >= 4 is 34.0 Å². The zero-order valence-electron chi connectivity index (χ0n) is 14.6. The number of nitrogens with one attached hydrogen (secondary N) is 1. The Morgan fingerprint density at radius 1 is 1.15 bits per heavy atom. The number of carbonyl (C=O) groups excluding carboxylic acids is 1. The average molecular weight is 401 g/mol. The lowest BCUT2D eigenvalue weighted by Crippen LogP contribution is -2.17. The minimum atomic E-state index is -0.223. The zero-order valence-corrected chi connectivity index (χ0v) is 16.2. The standard InChI is InChI=1S/C20H17ClN2O3S/c1-12-18(10-13-2-5-15(21)6-3-13)27-20(22-12)23-19(24)14-4-7-16-17(11-14)26-9-8-25-16/h2-7,11H,8-10H2,1H3,(H,22,23,24). The fourth-order valence-electron chi connectivity index (χ4n) is 2.79. The van der Waals surface area contributed by atoms with Crippen LogP contribution < -0.4 is 14.8 Å². The molecule has 0 fully saturated rings. The van der Waals surface area contributed by atoms with E-state index in [9.17, 15) is 4.79 Å². The molecule has 2 heterocycles. The van der Waals surface area contributed by atoms with Gasteiger partial charge >= 0.3 is 0 Å². The molecule has 138 valence electrons. The first kappa shape index (κ1) is 17.8. The third-order valence-corrected chi connectivity index (χ3v) is 5.52. The molecule has 1 N–H and O–H groups in total. The normalized spacial score (nSPS) is 12.7. The van der Waals surface area contributed by atoms with Crippen molar-refractivity contribution in [2.45, 2.75) is 13.3 Å². The predicted molar refractivity (Wildman–Crippen MR) is 106 cm³/mol. The lowest BCUT2D eigenvalue weighted by molar-refractivity contribution is 0.102. The van der Waals surface area contributed by atoms with E-state index in [1.807, 2.05) is 31.2 Å². The molecule has 7 heteroatoms. The van der Waals surface area contributed by atoms with Crippen molar-refractivity contribution in [3.63, 3.8) is 0 Å². The minimum Gasteiger partial charge on any atom is -0.486 e. The smallest absolute Gasteiger partial charge is 0.257 e. The molecule has 5 nitrogen and oxygen atoms in total. The molecule has 0 spiro atoms. The molecule has 1 aliphatic heterocycles. The van der Waals surface area contributed by atoms with E-state index >= 15 is 0 Å². The topological polar surface area (TPSA) is 60.5 Å². The van der Waals surface area contributed by atoms with Crippen molar-refractivity contribution in [3.05, 3.63) is 69.2 Å². The molecule has 0 bridgehead atoms. The van der Waals surface area contributed by atoms with Gasteiger partial charge < -0.3 is 9.47 Å². The van der Waals surface area contributed by atoms with Crippen molar-refractivity contribution in [2.24, 2.45) is 0 Å². The molecule has 0 saturated carbocycles. The summed E-state index contributed by atoms with van der Waals surface area (Å²) in [6.45, 7) is 2.95. The van der Waals surface area contributed by atoms with E-state index in [0.717, 1.165) is 22.6 Å². The van der Waals surface area contributed by atoms with Crippen molar-refractivity contribution in [3.8, 4) is 11.5 Å². The second-order valence-corrected chi connectivity index (χ2v) is 7.66. The third-order valence-electron chi connectivity index (χ3n) is 4.20. The lowest BCUT2D eigenvalue weighted by atomic mass is 10.1. The molecule has 27 heavy (non-hydrogen) atoms. The molecular formula is C20H17ClN2O3S. The van der Waals surface area contributed by atoms with Gasteiger partial charge in [0.05, 0.1) is 5.69 Å². The fraction of sp³-hybridized carbons (Fsp3) is 0.200. The Kier molecular flexibility index (Phi) is 5.01. The van der Waals surface area contributed by atoms with Gasteiger partial charge in [0.1, 0.15) is 13.2 Å². The molecule has 2 aromatic carbocycles. The first-order valence-corrected chi connectivity index (χ1v) is 9.70. The van der Waals surface area contributed by atoms with Gasteiger partial charge in [0.25, 0.3) is 5.91 Å². The summed E-state index contributed by atoms with van der Waals surface area (Å²) >= 11 is 7.41. The highest BCUT2D eigenvalue weighted by molar-refractivity contribution is 7.15. The monoisotopic (exact) mass is 400 g/mol. The lowest BCUT2D eigenvalue weighted by Gasteiger charge is -2.18. The van der Waals surface area contributed by atoms with Gasteiger partial charge in [-0.15, -0.1) is 11.3 Å². The van der Waals surface area contributed by atoms with Gasteiger partial charge in [-0.05, 0) is 42.8 Å². The molecule has 3 aromatic rings. The van der Waals surface area contributed by atoms with E-state index in [0.29, 0.717) is 40.4 Å². The molecule has 0 unspecified atom stereocenters. The molecule has 0 aliphatic carbocycles. The van der Waals surface area contributed by atoms with Crippen molar-refractivity contribution in [2.75, 3.05) is 18.5 Å². The Hall–Kier alpha value is -2.57. The minimum absolute atomic E-state index is 0.223. The fourth-order valence-corrected chi connectivity index (χ4v) is 3.90. The number of benzene rings is 2. The van der Waals surface area contributed by atoms with Crippen LogP contribution in [0, 0.1) is 6.92 Å². The summed E-state index contributed by atoms with van der Waals surface area (Å²) in [5, 5.41) is 4.17. The number of fused-ring (bicyclic) bond motifs is 1. The number of anilines is 1. The number of amides is 1. The van der Waals surface area contributed by atoms with Crippen LogP contribution in [0.3, 0.4) is 0 Å². The summed E-state index contributed by atoms with van der Waals surface area (Å²) in [7, 11) is 0. The number of nitrogens with zero attached hydrogens (tertiary/aromatic N) is 1. The van der Waals surface area contributed by atoms with Gasteiger partial charge in [0, 0.05) is 21.9 Å². The largest absolute Gasteiger partial charge is 0.486 e. The summed E-state index contributed by atoms with van der Waals surface area (Å²) < 4.78 is 11.0. The van der Waals surface area contributed by atoms with Crippen molar-refractivity contribution < 1.29 is 14.3 Å². The van der Waals surface area contributed by atoms with E-state index in [-0.39, 0.29) is 5.91 Å². The molecule has 0 saturated heterocycles. The van der Waals surface area contributed by atoms with Crippen LogP contribution >= 0.6 is 22.9 Å². The van der Waals surface area contributed by atoms with E-state index in [4.69, 9.17) is 21.1 Å². The van der Waals surface area contributed by atoms with Gasteiger partial charge in [-0.2, -0.15) is 0 Å². The van der Waals surface area contributed by atoms with Crippen LogP contribution in [0.15, 0.2) is 42.5 Å². The van der Waals surface area contributed by atoms with Gasteiger partial charge in [0.15, 0.2) is 16.6 Å². The van der Waals surface area contributed by atoms with Gasteiger partial charge in [-0.25, -0.2) is 4.98 Å². The number of rotatable bonds is 4. The van der Waals surface area contributed by atoms with Crippen LogP contribution in [0.1, 0.15) is 26.5 Å². The Balaban J connectivity index is 1.48. The van der Waals surface area contributed by atoms with E-state index in [1.165, 1.54) is 11.3 Å². The quantitative estimate of drug-likeness (QED) is 0.688. The number of aryl methyl sites for hydroxylation is 1. The first-order valence-electron chi connectivity index (χ1n) is 8.50. The van der Waals surface area contributed by atoms with Gasteiger partial charge in [0.2, 0.25) is 0 Å². The molecular weight excluding hydrogens is 384 g/mol. The van der Waals surface area contributed by atoms with Crippen LogP contribution in [0.4, 0.5) is 5.13 Å². The average Bonchev–Trinajstić information content (AvgIpc) is 3.02. The van der Waals surface area contributed by atoms with E-state index < -0.39 is 0 Å². The highest BCUT2D eigenvalue weighted by atomic mass is 35.5. The second-order valence-electron chi connectivity index (χ2n) is 6.14. The van der Waals surface area contributed by atoms with Crippen molar-refractivity contribution in [1.82, 2.24) is 4.98 Å². The number of ether oxygens (including phenoxy) is 2. The first-order chi connectivity index (χ1) is 13.1. The maximum absolute atomic E-state index is 12.6. The molecule has 0 radical (unpaired) electrons. The Morgan fingerprint density at radius 2 is 1.89 bits per heavy atom. The highest BCUT2D eigenvalue weighted by Gasteiger charge is 2.17. The van der Waals surface area contributed by atoms with Crippen LogP contribution in [0.2, 0.25) is 5.02 Å². The van der Waals surface area contributed by atoms with Gasteiger partial charge in [-0.1, -0.05) is 23.7 Å². The second kappa shape index (κ2) is 7.58. The van der Waals surface area contributed by atoms with Crippen molar-refractivity contribution in [1.29, 1.82) is 0 Å². The number of thiazole rings is 1. The Labute approximate surface area is 165 Å². The molecule has 1 amide bonds. The summed E-state index contributed by atoms with van der Waals surface area (Å²) in [5.41, 5.74) is 2.56. The summed E-state index contributed by atoms with van der Waals surface area (Å²) in [6.07, 6.45) is 0.751. The zero-order chi connectivity index (χ0) is 18.8. The van der Waals surface area contributed by atoms with E-state index in [1.54, 1.807) is 18.2 Å². The molecule has 1 aliphatic rings. The molecule has 0 atom stereocenters. The summed E-state index contributed by atoms with van der Waals surface area (Å²) in [6, 6.07) is 12.9. The number of aromatic nitrogens is 1. The highest BCUT2D eigenvalue weighted by Crippen LogP contribution is 2.31. The summed E-state index contributed by atoms with van der Waals surface area (Å²) in [4.78, 5) is 18.1. The number of hydrogen-bond acceptors (Lipinski definition) is 5. The third kappa shape index (κ3) is 4.07. The van der Waals surface area contributed by atoms with Crippen LogP contribution in [-0.2, 0) is 6.42 Å².